The zero-order valence-electron chi connectivity index (χ0n) is 16.8. The number of benzene rings is 2. The normalized spacial score (nSPS) is 16.4. The Morgan fingerprint density at radius 3 is 2.34 bits per heavy atom. The summed E-state index contributed by atoms with van der Waals surface area (Å²) < 4.78 is 72.6. The molecule has 2 aromatic carbocycles. The van der Waals surface area contributed by atoms with Crippen LogP contribution < -0.4 is 9.47 Å². The molecular formula is C20H19F2IO8S. The van der Waals surface area contributed by atoms with Crippen molar-refractivity contribution in [2.45, 2.75) is 49.9 Å². The van der Waals surface area contributed by atoms with Crippen LogP contribution in [0.3, 0.4) is 0 Å². The van der Waals surface area contributed by atoms with Crippen molar-refractivity contribution >= 4 is 55.6 Å². The number of alkyl halides is 2. The van der Waals surface area contributed by atoms with Gasteiger partial charge in [0, 0.05) is 0 Å². The van der Waals surface area contributed by atoms with Crippen LogP contribution in [0.1, 0.15) is 39.0 Å². The lowest BCUT2D eigenvalue weighted by molar-refractivity contribution is -0.151. The smallest absolute Gasteiger partial charge is 0.428 e. The fraction of sp³-hybridized carbons (Fsp3) is 0.400. The molecule has 1 aliphatic rings. The number of fused-ring (bicyclic) bond motifs is 1. The summed E-state index contributed by atoms with van der Waals surface area (Å²) in [5.74, 6) is -2.70. The second-order valence-corrected chi connectivity index (χ2v) is 10.3. The Morgan fingerprint density at radius 1 is 1.06 bits per heavy atom. The molecule has 0 atom stereocenters. The van der Waals surface area contributed by atoms with Gasteiger partial charge in [0.05, 0.1) is 3.57 Å². The third-order valence-corrected chi connectivity index (χ3v) is 6.73. The predicted molar refractivity (Wildman–Crippen MR) is 117 cm³/mol. The average Bonchev–Trinajstić information content (AvgIpc) is 2.68. The summed E-state index contributed by atoms with van der Waals surface area (Å²) in [6.45, 7) is 1.85. The van der Waals surface area contributed by atoms with Crippen LogP contribution in [0, 0.1) is 3.57 Å². The lowest BCUT2D eigenvalue weighted by Gasteiger charge is -2.32. The fourth-order valence-electron chi connectivity index (χ4n) is 3.35. The van der Waals surface area contributed by atoms with E-state index in [1.807, 2.05) is 29.5 Å². The molecule has 0 spiro atoms. The van der Waals surface area contributed by atoms with E-state index in [9.17, 15) is 26.8 Å². The SMILES string of the molecule is CC1(OC(=O)Oc2cc3cc(OC(=O)C(F)(F)S(=O)(=O)O)ccc3cc2I)CCCCC1. The van der Waals surface area contributed by atoms with E-state index < -0.39 is 38.8 Å². The van der Waals surface area contributed by atoms with E-state index >= 15 is 0 Å². The van der Waals surface area contributed by atoms with Crippen LogP contribution in [0.25, 0.3) is 10.8 Å². The Kier molecular flexibility index (Phi) is 6.96. The van der Waals surface area contributed by atoms with E-state index in [0.717, 1.165) is 32.1 Å². The molecule has 0 saturated heterocycles. The summed E-state index contributed by atoms with van der Waals surface area (Å²) in [5.41, 5.74) is -0.600. The minimum absolute atomic E-state index is 0.147. The number of ether oxygens (including phenoxy) is 3. The van der Waals surface area contributed by atoms with Gasteiger partial charge in [0.25, 0.3) is 0 Å². The van der Waals surface area contributed by atoms with Gasteiger partial charge < -0.3 is 14.2 Å². The minimum Gasteiger partial charge on any atom is -0.428 e. The molecule has 0 heterocycles. The highest BCUT2D eigenvalue weighted by atomic mass is 127. The van der Waals surface area contributed by atoms with Crippen LogP contribution in [0.2, 0.25) is 0 Å². The Bertz CT molecular complexity index is 1160. The number of hydrogen-bond donors (Lipinski definition) is 1. The number of esters is 1. The van der Waals surface area contributed by atoms with Crippen molar-refractivity contribution in [1.29, 1.82) is 0 Å². The summed E-state index contributed by atoms with van der Waals surface area (Å²) in [6.07, 6.45) is 3.59. The molecule has 0 aliphatic heterocycles. The molecule has 12 heteroatoms. The summed E-state index contributed by atoms with van der Waals surface area (Å²) in [4.78, 5) is 23.8. The molecule has 0 unspecified atom stereocenters. The highest BCUT2D eigenvalue weighted by Crippen LogP contribution is 2.34. The van der Waals surface area contributed by atoms with Gasteiger partial charge >= 0.3 is 27.5 Å². The van der Waals surface area contributed by atoms with Gasteiger partial charge in [-0.25, -0.2) is 9.59 Å². The van der Waals surface area contributed by atoms with E-state index in [1.54, 1.807) is 6.07 Å². The van der Waals surface area contributed by atoms with Crippen molar-refractivity contribution in [3.8, 4) is 11.5 Å². The standard InChI is InChI=1S/C20H19F2IO8S/c1-19(7-3-2-4-8-19)31-18(25)30-16-11-13-9-14(6-5-12(13)10-15(16)23)29-17(24)20(21,22)32(26,27)28/h5-6,9-11H,2-4,7-8H2,1H3,(H,26,27,28). The van der Waals surface area contributed by atoms with Crippen molar-refractivity contribution in [2.24, 2.45) is 0 Å². The molecule has 1 fully saturated rings. The summed E-state index contributed by atoms with van der Waals surface area (Å²) in [5, 5.41) is -4.16. The number of rotatable bonds is 5. The zero-order valence-corrected chi connectivity index (χ0v) is 19.7. The van der Waals surface area contributed by atoms with Crippen molar-refractivity contribution < 1.29 is 45.6 Å². The second kappa shape index (κ2) is 9.06. The van der Waals surface area contributed by atoms with Crippen molar-refractivity contribution in [3.05, 3.63) is 33.9 Å². The van der Waals surface area contributed by atoms with Crippen molar-refractivity contribution in [3.63, 3.8) is 0 Å². The van der Waals surface area contributed by atoms with E-state index in [4.69, 9.17) is 14.0 Å². The molecule has 32 heavy (non-hydrogen) atoms. The van der Waals surface area contributed by atoms with Crippen molar-refractivity contribution in [2.75, 3.05) is 0 Å². The number of halogens is 3. The maximum atomic E-state index is 13.4. The topological polar surface area (TPSA) is 116 Å². The van der Waals surface area contributed by atoms with E-state index in [0.29, 0.717) is 14.3 Å². The van der Waals surface area contributed by atoms with Crippen LogP contribution in [-0.4, -0.2) is 36.0 Å². The van der Waals surface area contributed by atoms with Crippen LogP contribution in [0.15, 0.2) is 30.3 Å². The van der Waals surface area contributed by atoms with Crippen LogP contribution in [0.4, 0.5) is 13.6 Å². The van der Waals surface area contributed by atoms with Gasteiger partial charge in [-0.05, 0) is 90.2 Å². The molecule has 174 valence electrons. The molecular weight excluding hydrogens is 565 g/mol. The number of carbonyl (C=O) groups is 2. The van der Waals surface area contributed by atoms with E-state index in [-0.39, 0.29) is 5.75 Å². The first kappa shape index (κ1) is 24.6. The molecule has 8 nitrogen and oxygen atoms in total. The molecule has 0 bridgehead atoms. The van der Waals surface area contributed by atoms with Gasteiger partial charge in [-0.1, -0.05) is 12.5 Å². The molecule has 2 aromatic rings. The third-order valence-electron chi connectivity index (χ3n) is 5.07. The lowest BCUT2D eigenvalue weighted by atomic mass is 9.86. The van der Waals surface area contributed by atoms with Gasteiger partial charge in [-0.3, -0.25) is 4.55 Å². The van der Waals surface area contributed by atoms with Crippen LogP contribution >= 0.6 is 22.6 Å². The van der Waals surface area contributed by atoms with Gasteiger partial charge in [0.2, 0.25) is 0 Å². The Balaban J connectivity index is 1.80. The van der Waals surface area contributed by atoms with Gasteiger partial charge in [0.15, 0.2) is 0 Å². The lowest BCUT2D eigenvalue weighted by Crippen LogP contribution is -2.40. The Morgan fingerprint density at radius 2 is 1.72 bits per heavy atom. The van der Waals surface area contributed by atoms with E-state index in [2.05, 4.69) is 4.74 Å². The number of carbonyl (C=O) groups excluding carboxylic acids is 2. The molecule has 1 aliphatic carbocycles. The molecule has 0 radical (unpaired) electrons. The van der Waals surface area contributed by atoms with Crippen LogP contribution in [-0.2, 0) is 19.6 Å². The predicted octanol–water partition coefficient (Wildman–Crippen LogP) is 5.07. The average molecular weight is 584 g/mol. The maximum Gasteiger partial charge on any atom is 0.514 e. The quantitative estimate of drug-likeness (QED) is 0.170. The fourth-order valence-corrected chi connectivity index (χ4v) is 4.21. The highest BCUT2D eigenvalue weighted by Gasteiger charge is 2.54. The van der Waals surface area contributed by atoms with E-state index in [1.165, 1.54) is 24.3 Å². The first-order chi connectivity index (χ1) is 14.8. The molecule has 1 saturated carbocycles. The van der Waals surface area contributed by atoms with Gasteiger partial charge in [0.1, 0.15) is 17.1 Å². The zero-order chi connectivity index (χ0) is 23.7. The maximum absolute atomic E-state index is 13.4. The largest absolute Gasteiger partial charge is 0.514 e. The van der Waals surface area contributed by atoms with Crippen molar-refractivity contribution in [1.82, 2.24) is 0 Å². The first-order valence-electron chi connectivity index (χ1n) is 9.52. The molecule has 1 N–H and O–H groups in total. The second-order valence-electron chi connectivity index (χ2n) is 7.64. The summed E-state index contributed by atoms with van der Waals surface area (Å²) >= 11 is 1.95. The molecule has 0 aromatic heterocycles. The molecule has 3 rings (SSSR count). The van der Waals surface area contributed by atoms with Gasteiger partial charge in [-0.2, -0.15) is 17.2 Å². The first-order valence-corrected chi connectivity index (χ1v) is 12.0. The molecule has 0 amide bonds. The highest BCUT2D eigenvalue weighted by molar-refractivity contribution is 14.1. The monoisotopic (exact) mass is 584 g/mol. The minimum atomic E-state index is -5.99. The van der Waals surface area contributed by atoms with Gasteiger partial charge in [-0.15, -0.1) is 0 Å². The van der Waals surface area contributed by atoms with Crippen LogP contribution in [0.5, 0.6) is 11.5 Å². The third kappa shape index (κ3) is 5.46. The summed E-state index contributed by atoms with van der Waals surface area (Å²) in [6, 6.07) is 6.88. The Hall–Kier alpha value is -2.06. The summed E-state index contributed by atoms with van der Waals surface area (Å²) in [7, 11) is -5.99. The number of hydrogen-bond acceptors (Lipinski definition) is 7. The Labute approximate surface area is 196 Å².